The lowest BCUT2D eigenvalue weighted by Gasteiger charge is -2.13. The molecular weight excluding hydrogens is 418 g/mol. The van der Waals surface area contributed by atoms with Gasteiger partial charge in [0.15, 0.2) is 9.90 Å². The Morgan fingerprint density at radius 2 is 2.27 bits per heavy atom. The number of aromatic amines is 1. The van der Waals surface area contributed by atoms with Crippen molar-refractivity contribution in [3.8, 4) is 5.75 Å². The third-order valence-electron chi connectivity index (χ3n) is 4.96. The van der Waals surface area contributed by atoms with E-state index in [4.69, 9.17) is 17.0 Å². The number of anilines is 1. The molecule has 9 heteroatoms. The molecule has 1 saturated carbocycles. The lowest BCUT2D eigenvalue weighted by Crippen LogP contribution is -2.14. The van der Waals surface area contributed by atoms with Crippen molar-refractivity contribution in [3.63, 3.8) is 0 Å². The highest BCUT2D eigenvalue weighted by Gasteiger charge is 2.17. The summed E-state index contributed by atoms with van der Waals surface area (Å²) in [6, 6.07) is 7.30. The number of rotatable bonds is 8. The molecule has 0 unspecified atom stereocenters. The van der Waals surface area contributed by atoms with E-state index in [0.717, 1.165) is 30.1 Å². The van der Waals surface area contributed by atoms with Gasteiger partial charge in [0, 0.05) is 17.5 Å². The molecule has 3 aromatic rings. The number of thiazole rings is 1. The van der Waals surface area contributed by atoms with Crippen LogP contribution < -0.4 is 10.1 Å². The highest BCUT2D eigenvalue weighted by Crippen LogP contribution is 2.25. The molecule has 2 N–H and O–H groups in total. The van der Waals surface area contributed by atoms with E-state index in [1.807, 2.05) is 22.1 Å². The number of hydrogen-bond acceptors (Lipinski definition) is 6. The highest BCUT2D eigenvalue weighted by atomic mass is 32.1. The van der Waals surface area contributed by atoms with Gasteiger partial charge < -0.3 is 4.74 Å². The molecule has 4 rings (SSSR count). The van der Waals surface area contributed by atoms with Crippen LogP contribution in [-0.4, -0.2) is 31.8 Å². The fourth-order valence-electron chi connectivity index (χ4n) is 3.49. The van der Waals surface area contributed by atoms with Crippen molar-refractivity contribution in [2.75, 3.05) is 5.32 Å². The zero-order valence-electron chi connectivity index (χ0n) is 16.5. The summed E-state index contributed by atoms with van der Waals surface area (Å²) in [5.74, 6) is 1.31. The van der Waals surface area contributed by atoms with E-state index in [9.17, 15) is 4.79 Å². The molecule has 0 spiro atoms. The Hall–Kier alpha value is -2.78. The minimum Gasteiger partial charge on any atom is -0.490 e. The number of allylic oxidation sites excluding steroid dienone is 1. The minimum atomic E-state index is -0.206. The van der Waals surface area contributed by atoms with Gasteiger partial charge in [0.25, 0.3) is 5.91 Å². The van der Waals surface area contributed by atoms with Crippen LogP contribution in [0.4, 0.5) is 5.13 Å². The first-order chi connectivity index (χ1) is 14.6. The van der Waals surface area contributed by atoms with E-state index in [1.165, 1.54) is 24.2 Å². The zero-order chi connectivity index (χ0) is 20.9. The summed E-state index contributed by atoms with van der Waals surface area (Å²) in [4.78, 5) is 17.2. The van der Waals surface area contributed by atoms with E-state index >= 15 is 0 Å². The summed E-state index contributed by atoms with van der Waals surface area (Å²) >= 11 is 6.62. The Morgan fingerprint density at radius 3 is 3.07 bits per heavy atom. The molecule has 1 aliphatic rings. The summed E-state index contributed by atoms with van der Waals surface area (Å²) in [6.07, 6.45) is 7.10. The molecule has 7 nitrogen and oxygen atoms in total. The molecule has 0 saturated heterocycles. The van der Waals surface area contributed by atoms with Crippen LogP contribution >= 0.6 is 23.6 Å². The van der Waals surface area contributed by atoms with Gasteiger partial charge in [-0.25, -0.2) is 4.98 Å². The van der Waals surface area contributed by atoms with Crippen LogP contribution in [0.2, 0.25) is 0 Å². The second kappa shape index (κ2) is 9.36. The Labute approximate surface area is 183 Å². The molecule has 0 radical (unpaired) electrons. The first kappa shape index (κ1) is 20.5. The molecule has 0 bridgehead atoms. The van der Waals surface area contributed by atoms with Gasteiger partial charge in [-0.2, -0.15) is 5.10 Å². The first-order valence-corrected chi connectivity index (χ1v) is 11.2. The van der Waals surface area contributed by atoms with E-state index in [0.29, 0.717) is 28.4 Å². The molecule has 2 heterocycles. The third kappa shape index (κ3) is 4.85. The molecule has 2 aromatic heterocycles. The van der Waals surface area contributed by atoms with Gasteiger partial charge in [0.1, 0.15) is 11.6 Å². The van der Waals surface area contributed by atoms with Crippen LogP contribution in [0, 0.1) is 4.77 Å². The largest absolute Gasteiger partial charge is 0.490 e. The van der Waals surface area contributed by atoms with Crippen LogP contribution in [0.5, 0.6) is 5.75 Å². The highest BCUT2D eigenvalue weighted by molar-refractivity contribution is 7.71. The maximum Gasteiger partial charge on any atom is 0.257 e. The van der Waals surface area contributed by atoms with E-state index < -0.39 is 0 Å². The van der Waals surface area contributed by atoms with Crippen LogP contribution in [0.3, 0.4) is 0 Å². The van der Waals surface area contributed by atoms with Crippen LogP contribution in [0.15, 0.2) is 42.3 Å². The molecule has 156 valence electrons. The fraction of sp³-hybridized carbons (Fsp3) is 0.333. The van der Waals surface area contributed by atoms with Crippen molar-refractivity contribution < 1.29 is 9.53 Å². The van der Waals surface area contributed by atoms with Crippen molar-refractivity contribution in [1.29, 1.82) is 0 Å². The maximum atomic E-state index is 12.7. The number of nitrogens with zero attached hydrogens (tertiary/aromatic N) is 3. The van der Waals surface area contributed by atoms with Gasteiger partial charge in [-0.3, -0.25) is 19.8 Å². The topological polar surface area (TPSA) is 84.8 Å². The number of amides is 1. The molecule has 0 atom stereocenters. The average Bonchev–Trinajstić information content (AvgIpc) is 3.48. The predicted molar refractivity (Wildman–Crippen MR) is 120 cm³/mol. The molecule has 1 amide bonds. The summed E-state index contributed by atoms with van der Waals surface area (Å²) in [5, 5.41) is 12.4. The van der Waals surface area contributed by atoms with Gasteiger partial charge in [0.05, 0.1) is 18.2 Å². The molecular formula is C21H23N5O2S2. The van der Waals surface area contributed by atoms with Crippen LogP contribution in [0.25, 0.3) is 0 Å². The number of H-pyrrole nitrogens is 1. The van der Waals surface area contributed by atoms with E-state index in [2.05, 4.69) is 27.1 Å². The van der Waals surface area contributed by atoms with Crippen molar-refractivity contribution >= 4 is 34.6 Å². The number of aromatic nitrogens is 4. The number of carbonyl (C=O) groups excluding carboxylic acids is 1. The van der Waals surface area contributed by atoms with E-state index in [1.54, 1.807) is 18.2 Å². The Bertz CT molecular complexity index is 1090. The monoisotopic (exact) mass is 441 g/mol. The summed E-state index contributed by atoms with van der Waals surface area (Å²) in [5.41, 5.74) is 1.36. The summed E-state index contributed by atoms with van der Waals surface area (Å²) < 4.78 is 8.42. The smallest absolute Gasteiger partial charge is 0.257 e. The number of carbonyl (C=O) groups is 1. The predicted octanol–water partition coefficient (Wildman–Crippen LogP) is 4.75. The molecule has 30 heavy (non-hydrogen) atoms. The number of ether oxygens (including phenoxy) is 1. The number of benzene rings is 1. The van der Waals surface area contributed by atoms with Gasteiger partial charge in [-0.05, 0) is 56.1 Å². The maximum absolute atomic E-state index is 12.7. The standard InChI is InChI=1S/C21H23N5O2S2/c1-2-10-26-18(24-25-21(26)29)12-15-13-30-20(22-15)23-19(27)14-6-5-9-17(11-14)28-16-7-3-4-8-16/h2,5-6,9,11,13,16H,1,3-4,7-8,10,12H2,(H,25,29)(H,22,23,27). The first-order valence-electron chi connectivity index (χ1n) is 9.90. The lowest BCUT2D eigenvalue weighted by molar-refractivity contribution is 0.102. The van der Waals surface area contributed by atoms with Crippen LogP contribution in [0.1, 0.15) is 47.6 Å². The van der Waals surface area contributed by atoms with Crippen molar-refractivity contribution in [2.24, 2.45) is 0 Å². The van der Waals surface area contributed by atoms with Gasteiger partial charge in [0.2, 0.25) is 0 Å². The van der Waals surface area contributed by atoms with Crippen LogP contribution in [-0.2, 0) is 13.0 Å². The molecule has 0 aliphatic heterocycles. The van der Waals surface area contributed by atoms with Crippen molar-refractivity contribution in [2.45, 2.75) is 44.8 Å². The summed E-state index contributed by atoms with van der Waals surface area (Å²) in [6.45, 7) is 4.33. The quantitative estimate of drug-likeness (QED) is 0.389. The van der Waals surface area contributed by atoms with Gasteiger partial charge >= 0.3 is 0 Å². The molecule has 1 aliphatic carbocycles. The second-order valence-electron chi connectivity index (χ2n) is 7.17. The normalized spacial score (nSPS) is 14.0. The SMILES string of the molecule is C=CCn1c(Cc2csc(NC(=O)c3cccc(OC4CCCC4)c3)n2)n[nH]c1=S. The van der Waals surface area contributed by atoms with Crippen molar-refractivity contribution in [1.82, 2.24) is 19.7 Å². The van der Waals surface area contributed by atoms with Gasteiger partial charge in [-0.1, -0.05) is 12.1 Å². The third-order valence-corrected chi connectivity index (χ3v) is 6.08. The Kier molecular flexibility index (Phi) is 6.39. The number of nitrogens with one attached hydrogen (secondary N) is 2. The Morgan fingerprint density at radius 1 is 1.43 bits per heavy atom. The van der Waals surface area contributed by atoms with Gasteiger partial charge in [-0.15, -0.1) is 17.9 Å². The molecule has 1 fully saturated rings. The Balaban J connectivity index is 1.40. The molecule has 1 aromatic carbocycles. The number of hydrogen-bond donors (Lipinski definition) is 2. The van der Waals surface area contributed by atoms with E-state index in [-0.39, 0.29) is 12.0 Å². The average molecular weight is 442 g/mol. The zero-order valence-corrected chi connectivity index (χ0v) is 18.1. The summed E-state index contributed by atoms with van der Waals surface area (Å²) in [7, 11) is 0. The van der Waals surface area contributed by atoms with Crippen molar-refractivity contribution in [3.05, 3.63) is 64.2 Å². The minimum absolute atomic E-state index is 0.206. The fourth-order valence-corrected chi connectivity index (χ4v) is 4.42. The second-order valence-corrected chi connectivity index (χ2v) is 8.42. The lowest BCUT2D eigenvalue weighted by atomic mass is 10.2.